The molecule has 7 nitrogen and oxygen atoms in total. The van der Waals surface area contributed by atoms with Crippen molar-refractivity contribution in [3.63, 3.8) is 0 Å². The van der Waals surface area contributed by atoms with Gasteiger partial charge in [0.1, 0.15) is 18.0 Å². The zero-order valence-corrected chi connectivity index (χ0v) is 15.5. The second kappa shape index (κ2) is 8.77. The zero-order chi connectivity index (χ0) is 19.9. The molecule has 2 aromatic carbocycles. The van der Waals surface area contributed by atoms with E-state index in [-0.39, 0.29) is 18.0 Å². The fraction of sp³-hybridized carbons (Fsp3) is 0.143. The molecule has 0 aliphatic rings. The number of nitrogens with one attached hydrogen (secondary N) is 1. The van der Waals surface area contributed by atoms with Gasteiger partial charge >= 0.3 is 0 Å². The predicted molar refractivity (Wildman–Crippen MR) is 105 cm³/mol. The molecule has 1 heterocycles. The van der Waals surface area contributed by atoms with Crippen LogP contribution < -0.4 is 25.1 Å². The van der Waals surface area contributed by atoms with Gasteiger partial charge < -0.3 is 24.1 Å². The molecule has 28 heavy (non-hydrogen) atoms. The summed E-state index contributed by atoms with van der Waals surface area (Å²) in [5, 5.41) is 2.76. The second-order valence-electron chi connectivity index (χ2n) is 5.86. The minimum atomic E-state index is -0.325. The largest absolute Gasteiger partial charge is 0.497 e. The Kier molecular flexibility index (Phi) is 5.96. The number of carbonyl (C=O) groups is 1. The molecule has 0 spiro atoms. The number of anilines is 1. The number of nitrogens with zero attached hydrogens (tertiary/aromatic N) is 1. The van der Waals surface area contributed by atoms with Crippen LogP contribution in [-0.2, 0) is 11.3 Å². The van der Waals surface area contributed by atoms with E-state index >= 15 is 0 Å². The summed E-state index contributed by atoms with van der Waals surface area (Å²) in [4.78, 5) is 24.0. The molecule has 0 radical (unpaired) electrons. The first kappa shape index (κ1) is 19.0. The molecule has 7 heteroatoms. The van der Waals surface area contributed by atoms with Gasteiger partial charge in [-0.1, -0.05) is 6.07 Å². The lowest BCUT2D eigenvalue weighted by Crippen LogP contribution is -2.26. The average molecular weight is 380 g/mol. The fourth-order valence-corrected chi connectivity index (χ4v) is 2.55. The van der Waals surface area contributed by atoms with Gasteiger partial charge in [0, 0.05) is 24.0 Å². The lowest BCUT2D eigenvalue weighted by atomic mass is 10.2. The number of carbonyl (C=O) groups excluding carboxylic acids is 1. The number of methoxy groups -OCH3 is 2. The molecule has 3 rings (SSSR count). The molecule has 0 atom stereocenters. The number of hydrogen-bond acceptors (Lipinski definition) is 5. The zero-order valence-electron chi connectivity index (χ0n) is 15.5. The molecule has 0 saturated heterocycles. The molecule has 0 bridgehead atoms. The van der Waals surface area contributed by atoms with Crippen LogP contribution in [0.3, 0.4) is 0 Å². The predicted octanol–water partition coefficient (Wildman–Crippen LogP) is 3.30. The molecule has 144 valence electrons. The first-order chi connectivity index (χ1) is 13.6. The third kappa shape index (κ3) is 4.70. The lowest BCUT2D eigenvalue weighted by Gasteiger charge is -2.13. The van der Waals surface area contributed by atoms with Crippen molar-refractivity contribution in [1.82, 2.24) is 4.57 Å². The minimum Gasteiger partial charge on any atom is -0.497 e. The van der Waals surface area contributed by atoms with Crippen LogP contribution >= 0.6 is 0 Å². The van der Waals surface area contributed by atoms with Crippen LogP contribution in [0.2, 0.25) is 0 Å². The highest BCUT2D eigenvalue weighted by molar-refractivity contribution is 5.91. The van der Waals surface area contributed by atoms with E-state index < -0.39 is 0 Å². The maximum atomic E-state index is 12.3. The van der Waals surface area contributed by atoms with Crippen LogP contribution in [0.4, 0.5) is 5.69 Å². The van der Waals surface area contributed by atoms with Crippen LogP contribution in [0.1, 0.15) is 0 Å². The Morgan fingerprint density at radius 2 is 1.68 bits per heavy atom. The summed E-state index contributed by atoms with van der Waals surface area (Å²) < 4.78 is 17.7. The molecule has 0 fully saturated rings. The van der Waals surface area contributed by atoms with Crippen molar-refractivity contribution in [2.45, 2.75) is 6.54 Å². The van der Waals surface area contributed by atoms with Gasteiger partial charge in [-0.15, -0.1) is 0 Å². The van der Waals surface area contributed by atoms with E-state index in [1.54, 1.807) is 67.9 Å². The van der Waals surface area contributed by atoms with Gasteiger partial charge in [0.25, 0.3) is 5.56 Å². The molecule has 1 amide bonds. The van der Waals surface area contributed by atoms with Gasteiger partial charge in [-0.25, -0.2) is 0 Å². The number of rotatable bonds is 7. The van der Waals surface area contributed by atoms with E-state index in [4.69, 9.17) is 14.2 Å². The minimum absolute atomic E-state index is 0.0830. The molecule has 0 unspecified atom stereocenters. The number of amides is 1. The van der Waals surface area contributed by atoms with Crippen LogP contribution in [0, 0.1) is 0 Å². The van der Waals surface area contributed by atoms with E-state index in [2.05, 4.69) is 5.32 Å². The van der Waals surface area contributed by atoms with Crippen molar-refractivity contribution >= 4 is 11.6 Å². The number of aromatic nitrogens is 1. The fourth-order valence-electron chi connectivity index (χ4n) is 2.55. The molecular formula is C21H20N2O5. The Morgan fingerprint density at radius 1 is 0.929 bits per heavy atom. The Balaban J connectivity index is 1.75. The maximum absolute atomic E-state index is 12.3. The number of pyridine rings is 1. The van der Waals surface area contributed by atoms with Gasteiger partial charge in [0.05, 0.1) is 14.2 Å². The number of hydrogen-bond donors (Lipinski definition) is 1. The quantitative estimate of drug-likeness (QED) is 0.680. The second-order valence-corrected chi connectivity index (χ2v) is 5.86. The van der Waals surface area contributed by atoms with Crippen molar-refractivity contribution < 1.29 is 19.0 Å². The highest BCUT2D eigenvalue weighted by atomic mass is 16.5. The molecule has 0 aliphatic carbocycles. The summed E-state index contributed by atoms with van der Waals surface area (Å²) >= 11 is 0. The molecule has 0 saturated carbocycles. The van der Waals surface area contributed by atoms with Gasteiger partial charge in [-0.2, -0.15) is 0 Å². The van der Waals surface area contributed by atoms with E-state index in [0.29, 0.717) is 22.9 Å². The summed E-state index contributed by atoms with van der Waals surface area (Å²) in [6, 6.07) is 16.9. The van der Waals surface area contributed by atoms with Gasteiger partial charge in [0.2, 0.25) is 5.91 Å². The van der Waals surface area contributed by atoms with E-state index in [1.165, 1.54) is 17.7 Å². The van der Waals surface area contributed by atoms with Gasteiger partial charge in [-0.3, -0.25) is 9.59 Å². The normalized spacial score (nSPS) is 10.2. The van der Waals surface area contributed by atoms with Gasteiger partial charge in [0.15, 0.2) is 11.5 Å². The van der Waals surface area contributed by atoms with Crippen molar-refractivity contribution in [3.05, 3.63) is 77.2 Å². The van der Waals surface area contributed by atoms with Crippen LogP contribution in [0.15, 0.2) is 71.7 Å². The molecular weight excluding hydrogens is 360 g/mol. The van der Waals surface area contributed by atoms with Crippen molar-refractivity contribution in [2.75, 3.05) is 19.5 Å². The van der Waals surface area contributed by atoms with E-state index in [9.17, 15) is 9.59 Å². The smallest absolute Gasteiger partial charge is 0.250 e. The molecule has 0 aliphatic heterocycles. The third-order valence-electron chi connectivity index (χ3n) is 3.95. The SMILES string of the molecule is COc1ccc(Oc2cc(NC(=O)Cn3ccccc3=O)ccc2OC)cc1. The Hall–Kier alpha value is -3.74. The van der Waals surface area contributed by atoms with Crippen LogP contribution in [0.5, 0.6) is 23.0 Å². The van der Waals surface area contributed by atoms with E-state index in [0.717, 1.165) is 5.75 Å². The molecule has 1 aromatic heterocycles. The first-order valence-electron chi connectivity index (χ1n) is 8.54. The summed E-state index contributed by atoms with van der Waals surface area (Å²) in [5.74, 6) is 1.96. The van der Waals surface area contributed by atoms with E-state index in [1.807, 2.05) is 0 Å². The molecule has 3 aromatic rings. The maximum Gasteiger partial charge on any atom is 0.250 e. The Bertz CT molecular complexity index is 1010. The monoisotopic (exact) mass is 380 g/mol. The topological polar surface area (TPSA) is 78.8 Å². The third-order valence-corrected chi connectivity index (χ3v) is 3.95. The van der Waals surface area contributed by atoms with Crippen LogP contribution in [-0.4, -0.2) is 24.7 Å². The molecule has 1 N–H and O–H groups in total. The number of benzene rings is 2. The van der Waals surface area contributed by atoms with Crippen molar-refractivity contribution in [1.29, 1.82) is 0 Å². The average Bonchev–Trinajstić information content (AvgIpc) is 2.70. The highest BCUT2D eigenvalue weighted by Crippen LogP contribution is 2.34. The van der Waals surface area contributed by atoms with Crippen molar-refractivity contribution in [3.8, 4) is 23.0 Å². The summed E-state index contributed by atoms with van der Waals surface area (Å²) in [6.07, 6.45) is 1.56. The number of ether oxygens (including phenoxy) is 3. The summed E-state index contributed by atoms with van der Waals surface area (Å²) in [6.45, 7) is -0.0830. The van der Waals surface area contributed by atoms with Crippen LogP contribution in [0.25, 0.3) is 0 Å². The Morgan fingerprint density at radius 3 is 2.36 bits per heavy atom. The lowest BCUT2D eigenvalue weighted by molar-refractivity contribution is -0.116. The van der Waals surface area contributed by atoms with Gasteiger partial charge in [-0.05, 0) is 42.5 Å². The first-order valence-corrected chi connectivity index (χ1v) is 8.54. The van der Waals surface area contributed by atoms with Crippen molar-refractivity contribution in [2.24, 2.45) is 0 Å². The standard InChI is InChI=1S/C21H20N2O5/c1-26-16-7-9-17(10-8-16)28-19-13-15(6-11-18(19)27-2)22-20(24)14-23-12-4-3-5-21(23)25/h3-13H,14H2,1-2H3,(H,22,24). The highest BCUT2D eigenvalue weighted by Gasteiger charge is 2.10. The summed E-state index contributed by atoms with van der Waals surface area (Å²) in [7, 11) is 3.13. The Labute approximate surface area is 162 Å². The summed E-state index contributed by atoms with van der Waals surface area (Å²) in [5.41, 5.74) is 0.286.